The lowest BCUT2D eigenvalue weighted by Gasteiger charge is -2.27. The quantitative estimate of drug-likeness (QED) is 0.816. The zero-order valence-corrected chi connectivity index (χ0v) is 15.3. The average molecular weight is 367 g/mol. The van der Waals surface area contributed by atoms with Gasteiger partial charge >= 0.3 is 0 Å². The maximum atomic E-state index is 12.8. The van der Waals surface area contributed by atoms with Crippen LogP contribution in [0.25, 0.3) is 0 Å². The summed E-state index contributed by atoms with van der Waals surface area (Å²) < 4.78 is 29.0. The van der Waals surface area contributed by atoms with Gasteiger partial charge < -0.3 is 15.0 Å². The highest BCUT2D eigenvalue weighted by atomic mass is 32.2. The average Bonchev–Trinajstić information content (AvgIpc) is 3.23. The van der Waals surface area contributed by atoms with Crippen molar-refractivity contribution < 1.29 is 17.9 Å². The summed E-state index contributed by atoms with van der Waals surface area (Å²) in [5.74, 6) is 0.0393. The van der Waals surface area contributed by atoms with Crippen molar-refractivity contribution in [1.29, 1.82) is 0 Å². The first-order valence-electron chi connectivity index (χ1n) is 8.80. The van der Waals surface area contributed by atoms with Crippen LogP contribution in [-0.2, 0) is 14.6 Å². The fraction of sp³-hybridized carbons (Fsp3) is 0.647. The molecule has 25 heavy (non-hydrogen) atoms. The second kappa shape index (κ2) is 7.70. The molecule has 1 amide bonds. The SMILES string of the molecule is CCN(C(=O)c1cncc(NCC2CCCO2)c1)C1CCS(=O)(=O)C1. The molecule has 0 bridgehead atoms. The maximum absolute atomic E-state index is 12.8. The molecule has 1 N–H and O–H groups in total. The van der Waals surface area contributed by atoms with Gasteiger partial charge in [-0.15, -0.1) is 0 Å². The molecule has 7 nitrogen and oxygen atoms in total. The van der Waals surface area contributed by atoms with Crippen molar-refractivity contribution in [2.45, 2.75) is 38.3 Å². The van der Waals surface area contributed by atoms with Crippen LogP contribution in [0.5, 0.6) is 0 Å². The molecule has 0 aliphatic carbocycles. The number of nitrogens with one attached hydrogen (secondary N) is 1. The molecule has 2 atom stereocenters. The molecule has 1 aromatic rings. The lowest BCUT2D eigenvalue weighted by Crippen LogP contribution is -2.41. The van der Waals surface area contributed by atoms with E-state index in [0.717, 1.165) is 25.1 Å². The Morgan fingerprint density at radius 3 is 2.88 bits per heavy atom. The largest absolute Gasteiger partial charge is 0.381 e. The normalized spacial score (nSPS) is 25.0. The second-order valence-electron chi connectivity index (χ2n) is 6.63. The van der Waals surface area contributed by atoms with E-state index in [-0.39, 0.29) is 29.6 Å². The third-order valence-electron chi connectivity index (χ3n) is 4.79. The van der Waals surface area contributed by atoms with Gasteiger partial charge in [0.05, 0.1) is 28.9 Å². The van der Waals surface area contributed by atoms with Gasteiger partial charge in [-0.3, -0.25) is 9.78 Å². The van der Waals surface area contributed by atoms with E-state index in [9.17, 15) is 13.2 Å². The van der Waals surface area contributed by atoms with Crippen molar-refractivity contribution in [3.63, 3.8) is 0 Å². The number of hydrogen-bond acceptors (Lipinski definition) is 6. The highest BCUT2D eigenvalue weighted by molar-refractivity contribution is 7.91. The Balaban J connectivity index is 1.67. The summed E-state index contributed by atoms with van der Waals surface area (Å²) in [5.41, 5.74) is 1.25. The van der Waals surface area contributed by atoms with Crippen molar-refractivity contribution in [3.05, 3.63) is 24.0 Å². The molecule has 2 fully saturated rings. The summed E-state index contributed by atoms with van der Waals surface area (Å²) in [7, 11) is -3.03. The van der Waals surface area contributed by atoms with Crippen LogP contribution in [0.4, 0.5) is 5.69 Å². The van der Waals surface area contributed by atoms with Gasteiger partial charge in [-0.2, -0.15) is 0 Å². The number of carbonyl (C=O) groups excluding carboxylic acids is 1. The molecule has 0 radical (unpaired) electrons. The van der Waals surface area contributed by atoms with Crippen LogP contribution in [0.2, 0.25) is 0 Å². The molecule has 8 heteroatoms. The fourth-order valence-electron chi connectivity index (χ4n) is 3.45. The highest BCUT2D eigenvalue weighted by Gasteiger charge is 2.34. The van der Waals surface area contributed by atoms with E-state index in [1.165, 1.54) is 6.20 Å². The first-order chi connectivity index (χ1) is 12.0. The lowest BCUT2D eigenvalue weighted by molar-refractivity contribution is 0.0708. The Kier molecular flexibility index (Phi) is 5.58. The van der Waals surface area contributed by atoms with Crippen LogP contribution >= 0.6 is 0 Å². The Labute approximate surface area is 148 Å². The minimum absolute atomic E-state index is 0.0525. The summed E-state index contributed by atoms with van der Waals surface area (Å²) in [5, 5.41) is 3.27. The standard InChI is InChI=1S/C17H25N3O4S/c1-2-20(15-5-7-25(22,23)12-15)17(21)13-8-14(10-18-9-13)19-11-16-4-3-6-24-16/h8-10,15-16,19H,2-7,11-12H2,1H3. The van der Waals surface area contributed by atoms with Crippen molar-refractivity contribution in [2.75, 3.05) is 36.5 Å². The van der Waals surface area contributed by atoms with E-state index in [4.69, 9.17) is 4.74 Å². The van der Waals surface area contributed by atoms with E-state index in [2.05, 4.69) is 10.3 Å². The van der Waals surface area contributed by atoms with E-state index < -0.39 is 9.84 Å². The summed E-state index contributed by atoms with van der Waals surface area (Å²) >= 11 is 0. The number of ether oxygens (including phenoxy) is 1. The van der Waals surface area contributed by atoms with Gasteiger partial charge in [0.1, 0.15) is 0 Å². The third-order valence-corrected chi connectivity index (χ3v) is 6.54. The molecule has 0 saturated carbocycles. The molecular formula is C17H25N3O4S. The minimum Gasteiger partial charge on any atom is -0.381 e. The number of nitrogens with zero attached hydrogens (tertiary/aromatic N) is 2. The number of anilines is 1. The van der Waals surface area contributed by atoms with Crippen LogP contribution in [0.15, 0.2) is 18.5 Å². The smallest absolute Gasteiger partial charge is 0.255 e. The molecule has 2 saturated heterocycles. The summed E-state index contributed by atoms with van der Waals surface area (Å²) in [4.78, 5) is 18.6. The molecule has 1 aromatic heterocycles. The van der Waals surface area contributed by atoms with Crippen molar-refractivity contribution >= 4 is 21.4 Å². The van der Waals surface area contributed by atoms with Gasteiger partial charge in [0.15, 0.2) is 9.84 Å². The zero-order chi connectivity index (χ0) is 17.9. The number of hydrogen-bond donors (Lipinski definition) is 1. The van der Waals surface area contributed by atoms with Crippen LogP contribution in [0.1, 0.15) is 36.5 Å². The number of rotatable bonds is 6. The Hall–Kier alpha value is -1.67. The Morgan fingerprint density at radius 1 is 1.40 bits per heavy atom. The first-order valence-corrected chi connectivity index (χ1v) is 10.6. The van der Waals surface area contributed by atoms with Crippen molar-refractivity contribution in [2.24, 2.45) is 0 Å². The molecule has 0 aromatic carbocycles. The van der Waals surface area contributed by atoms with Crippen LogP contribution < -0.4 is 5.32 Å². The van der Waals surface area contributed by atoms with Gasteiger partial charge in [0.2, 0.25) is 0 Å². The van der Waals surface area contributed by atoms with Crippen LogP contribution in [0.3, 0.4) is 0 Å². The summed E-state index contributed by atoms with van der Waals surface area (Å²) in [6.07, 6.45) is 6.05. The van der Waals surface area contributed by atoms with Gasteiger partial charge in [0.25, 0.3) is 5.91 Å². The minimum atomic E-state index is -3.03. The third kappa shape index (κ3) is 4.49. The molecule has 0 spiro atoms. The fourth-order valence-corrected chi connectivity index (χ4v) is 5.18. The Bertz CT molecular complexity index is 716. The van der Waals surface area contributed by atoms with Crippen LogP contribution in [-0.4, -0.2) is 67.6 Å². The van der Waals surface area contributed by atoms with Crippen molar-refractivity contribution in [3.8, 4) is 0 Å². The van der Waals surface area contributed by atoms with E-state index in [1.807, 2.05) is 6.92 Å². The van der Waals surface area contributed by atoms with Crippen molar-refractivity contribution in [1.82, 2.24) is 9.88 Å². The molecule has 2 aliphatic heterocycles. The number of sulfone groups is 1. The zero-order valence-electron chi connectivity index (χ0n) is 14.5. The summed E-state index contributed by atoms with van der Waals surface area (Å²) in [6, 6.07) is 1.53. The second-order valence-corrected chi connectivity index (χ2v) is 8.85. The van der Waals surface area contributed by atoms with Crippen LogP contribution in [0, 0.1) is 0 Å². The van der Waals surface area contributed by atoms with Gasteiger partial charge in [-0.25, -0.2) is 8.42 Å². The predicted octanol–water partition coefficient (Wildman–Crippen LogP) is 1.32. The molecular weight excluding hydrogens is 342 g/mol. The van der Waals surface area contributed by atoms with Gasteiger partial charge in [-0.05, 0) is 32.3 Å². The summed E-state index contributed by atoms with van der Waals surface area (Å²) in [6.45, 7) is 3.85. The molecule has 2 aliphatic rings. The number of aromatic nitrogens is 1. The molecule has 3 rings (SSSR count). The topological polar surface area (TPSA) is 88.6 Å². The lowest BCUT2D eigenvalue weighted by atomic mass is 10.1. The monoisotopic (exact) mass is 367 g/mol. The number of pyridine rings is 1. The van der Waals surface area contributed by atoms with Gasteiger partial charge in [-0.1, -0.05) is 0 Å². The predicted molar refractivity (Wildman–Crippen MR) is 95.5 cm³/mol. The van der Waals surface area contributed by atoms with E-state index >= 15 is 0 Å². The highest BCUT2D eigenvalue weighted by Crippen LogP contribution is 2.21. The Morgan fingerprint density at radius 2 is 2.24 bits per heavy atom. The van der Waals surface area contributed by atoms with Gasteiger partial charge in [0, 0.05) is 38.1 Å². The number of amides is 1. The molecule has 2 unspecified atom stereocenters. The van der Waals surface area contributed by atoms with E-state index in [0.29, 0.717) is 25.1 Å². The molecule has 3 heterocycles. The number of carbonyl (C=O) groups is 1. The molecule has 138 valence electrons. The van der Waals surface area contributed by atoms with E-state index in [1.54, 1.807) is 17.2 Å². The maximum Gasteiger partial charge on any atom is 0.255 e. The first kappa shape index (κ1) is 18.1.